The fraction of sp³-hybridized carbons (Fsp3) is 0.660. The van der Waals surface area contributed by atoms with E-state index in [-0.39, 0.29) is 31.3 Å². The SMILES string of the molecule is CC\C=C/C=C/C=C/C=C\C=C\C=C\CCCC(CC(=O)NC(CO)C(O)CCCCCCCCCCCCCC)OC(=O)CC/C=C/C/C=C\CCCCCCCC. The lowest BCUT2D eigenvalue weighted by Crippen LogP contribution is -2.46. The number of hydrogen-bond donors (Lipinski definition) is 3. The number of carbonyl (C=O) groups excluding carboxylic acids is 2. The van der Waals surface area contributed by atoms with Crippen LogP contribution in [0.1, 0.15) is 201 Å². The van der Waals surface area contributed by atoms with Crippen molar-refractivity contribution in [2.75, 3.05) is 6.61 Å². The van der Waals surface area contributed by atoms with Crippen LogP contribution < -0.4 is 5.32 Å². The first-order valence-corrected chi connectivity index (χ1v) is 24.0. The fourth-order valence-electron chi connectivity index (χ4n) is 6.70. The molecular weight excluding hydrogens is 731 g/mol. The Kier molecular flexibility index (Phi) is 43.4. The molecule has 0 fully saturated rings. The fourth-order valence-corrected chi connectivity index (χ4v) is 6.70. The third-order valence-corrected chi connectivity index (χ3v) is 10.3. The van der Waals surface area contributed by atoms with Crippen molar-refractivity contribution < 1.29 is 24.5 Å². The third-order valence-electron chi connectivity index (χ3n) is 10.3. The van der Waals surface area contributed by atoms with Crippen LogP contribution in [0.25, 0.3) is 0 Å². The van der Waals surface area contributed by atoms with E-state index in [0.717, 1.165) is 51.4 Å². The Labute approximate surface area is 363 Å². The van der Waals surface area contributed by atoms with E-state index < -0.39 is 18.2 Å². The highest BCUT2D eigenvalue weighted by atomic mass is 16.5. The van der Waals surface area contributed by atoms with Crippen molar-refractivity contribution in [3.63, 3.8) is 0 Å². The Morgan fingerprint density at radius 1 is 0.525 bits per heavy atom. The van der Waals surface area contributed by atoms with Gasteiger partial charge in [-0.25, -0.2) is 0 Å². The van der Waals surface area contributed by atoms with E-state index in [4.69, 9.17) is 4.74 Å². The molecule has 3 unspecified atom stereocenters. The molecule has 0 radical (unpaired) electrons. The van der Waals surface area contributed by atoms with Crippen LogP contribution in [0.4, 0.5) is 0 Å². The predicted octanol–water partition coefficient (Wildman–Crippen LogP) is 14.2. The van der Waals surface area contributed by atoms with Crippen molar-refractivity contribution >= 4 is 11.9 Å². The number of aliphatic hydroxyl groups is 2. The molecular formula is C53H89NO5. The standard InChI is InChI=1S/C53H89NO5/c1-4-7-10-13-16-19-22-25-26-28-29-32-35-38-41-44-49(59-53(58)46-43-40-37-34-31-27-23-20-17-14-11-8-5-2)47-52(57)54-50(48-55)51(56)45-42-39-36-33-30-24-21-18-15-12-9-6-3/h7,10,13,16,19,22,25-29,31-32,35,37,40,49-51,55-56H,4-6,8-9,11-12,14-15,17-18,20-21,23-24,30,33-34,36,38-39,41-48H2,1-3H3,(H,54,57)/b10-7-,16-13+,22-19+,26-25-,29-28+,31-27-,35-32+,40-37+. The minimum Gasteiger partial charge on any atom is -0.462 e. The summed E-state index contributed by atoms with van der Waals surface area (Å²) in [7, 11) is 0. The average Bonchev–Trinajstić information content (AvgIpc) is 3.23. The van der Waals surface area contributed by atoms with Gasteiger partial charge in [-0.15, -0.1) is 0 Å². The van der Waals surface area contributed by atoms with Gasteiger partial charge in [0.05, 0.1) is 25.2 Å². The Morgan fingerprint density at radius 3 is 1.54 bits per heavy atom. The molecule has 0 saturated carbocycles. The summed E-state index contributed by atoms with van der Waals surface area (Å²) in [6.45, 7) is 6.27. The summed E-state index contributed by atoms with van der Waals surface area (Å²) in [6, 6.07) is -0.741. The number of allylic oxidation sites excluding steroid dienone is 16. The van der Waals surface area contributed by atoms with Crippen LogP contribution in [-0.2, 0) is 14.3 Å². The summed E-state index contributed by atoms with van der Waals surface area (Å²) in [6.07, 6.45) is 60.5. The van der Waals surface area contributed by atoms with Crippen molar-refractivity contribution in [3.8, 4) is 0 Å². The summed E-state index contributed by atoms with van der Waals surface area (Å²) in [5.74, 6) is -0.639. The van der Waals surface area contributed by atoms with Gasteiger partial charge in [-0.1, -0.05) is 227 Å². The van der Waals surface area contributed by atoms with Crippen molar-refractivity contribution in [2.45, 2.75) is 219 Å². The van der Waals surface area contributed by atoms with Gasteiger partial charge in [-0.3, -0.25) is 9.59 Å². The highest BCUT2D eigenvalue weighted by Gasteiger charge is 2.23. The molecule has 3 atom stereocenters. The van der Waals surface area contributed by atoms with E-state index in [1.54, 1.807) is 0 Å². The lowest BCUT2D eigenvalue weighted by molar-refractivity contribution is -0.150. The minimum atomic E-state index is -0.820. The average molecular weight is 820 g/mol. The van der Waals surface area contributed by atoms with Crippen LogP contribution in [0.15, 0.2) is 97.2 Å². The van der Waals surface area contributed by atoms with Crippen LogP contribution in [0.5, 0.6) is 0 Å². The summed E-state index contributed by atoms with van der Waals surface area (Å²) in [4.78, 5) is 26.0. The third kappa shape index (κ3) is 41.3. The molecule has 0 aromatic carbocycles. The molecule has 0 aromatic rings. The number of hydrogen-bond acceptors (Lipinski definition) is 5. The number of ether oxygens (including phenoxy) is 1. The Morgan fingerprint density at radius 2 is 1.00 bits per heavy atom. The van der Waals surface area contributed by atoms with Crippen molar-refractivity contribution in [2.24, 2.45) is 0 Å². The number of nitrogens with one attached hydrogen (secondary N) is 1. The summed E-state index contributed by atoms with van der Waals surface area (Å²) in [5, 5.41) is 23.6. The normalized spacial score (nSPS) is 14.2. The monoisotopic (exact) mass is 820 g/mol. The Bertz CT molecular complexity index is 1190. The molecule has 6 nitrogen and oxygen atoms in total. The maximum Gasteiger partial charge on any atom is 0.306 e. The Balaban J connectivity index is 4.85. The van der Waals surface area contributed by atoms with E-state index in [9.17, 15) is 19.8 Å². The van der Waals surface area contributed by atoms with Gasteiger partial charge in [0.25, 0.3) is 0 Å². The van der Waals surface area contributed by atoms with E-state index in [0.29, 0.717) is 19.3 Å². The van der Waals surface area contributed by atoms with Gasteiger partial charge < -0.3 is 20.3 Å². The number of unbranched alkanes of at least 4 members (excludes halogenated alkanes) is 18. The second-order valence-corrected chi connectivity index (χ2v) is 15.9. The molecule has 6 heteroatoms. The number of aliphatic hydroxyl groups excluding tert-OH is 2. The maximum atomic E-state index is 13.1. The van der Waals surface area contributed by atoms with Crippen LogP contribution in [-0.4, -0.2) is 46.9 Å². The van der Waals surface area contributed by atoms with Crippen LogP contribution in [0.3, 0.4) is 0 Å². The molecule has 0 aromatic heterocycles. The molecule has 0 heterocycles. The van der Waals surface area contributed by atoms with Gasteiger partial charge in [0.2, 0.25) is 5.91 Å². The maximum absolute atomic E-state index is 13.1. The van der Waals surface area contributed by atoms with Gasteiger partial charge in [-0.2, -0.15) is 0 Å². The summed E-state index contributed by atoms with van der Waals surface area (Å²) >= 11 is 0. The molecule has 59 heavy (non-hydrogen) atoms. The number of esters is 1. The van der Waals surface area contributed by atoms with E-state index in [1.165, 1.54) is 96.3 Å². The molecule has 0 aliphatic heterocycles. The number of amides is 1. The first-order valence-electron chi connectivity index (χ1n) is 24.0. The second-order valence-electron chi connectivity index (χ2n) is 15.9. The lowest BCUT2D eigenvalue weighted by atomic mass is 10.0. The predicted molar refractivity (Wildman–Crippen MR) is 254 cm³/mol. The lowest BCUT2D eigenvalue weighted by Gasteiger charge is -2.24. The second kappa shape index (κ2) is 45.9. The Hall–Kier alpha value is -3.22. The van der Waals surface area contributed by atoms with Gasteiger partial charge in [-0.05, 0) is 57.8 Å². The van der Waals surface area contributed by atoms with Gasteiger partial charge in [0, 0.05) is 6.42 Å². The van der Waals surface area contributed by atoms with Crippen LogP contribution in [0, 0.1) is 0 Å². The molecule has 0 saturated heterocycles. The summed E-state index contributed by atoms with van der Waals surface area (Å²) in [5.41, 5.74) is 0. The number of rotatable bonds is 41. The zero-order valence-electron chi connectivity index (χ0n) is 38.1. The molecule has 3 N–H and O–H groups in total. The van der Waals surface area contributed by atoms with Gasteiger partial charge in [0.1, 0.15) is 6.10 Å². The highest BCUT2D eigenvalue weighted by Crippen LogP contribution is 2.16. The van der Waals surface area contributed by atoms with E-state index in [1.807, 2.05) is 66.8 Å². The summed E-state index contributed by atoms with van der Waals surface area (Å²) < 4.78 is 5.84. The number of carbonyl (C=O) groups is 2. The molecule has 0 rings (SSSR count). The van der Waals surface area contributed by atoms with E-state index >= 15 is 0 Å². The topological polar surface area (TPSA) is 95.9 Å². The first kappa shape index (κ1) is 55.8. The minimum absolute atomic E-state index is 0.00118. The zero-order valence-corrected chi connectivity index (χ0v) is 38.1. The van der Waals surface area contributed by atoms with Crippen LogP contribution in [0.2, 0.25) is 0 Å². The molecule has 0 bridgehead atoms. The van der Waals surface area contributed by atoms with Gasteiger partial charge >= 0.3 is 5.97 Å². The molecule has 0 aliphatic carbocycles. The largest absolute Gasteiger partial charge is 0.462 e. The highest BCUT2D eigenvalue weighted by molar-refractivity contribution is 5.77. The molecule has 336 valence electrons. The van der Waals surface area contributed by atoms with E-state index in [2.05, 4.69) is 56.5 Å². The van der Waals surface area contributed by atoms with Crippen molar-refractivity contribution in [1.29, 1.82) is 0 Å². The smallest absolute Gasteiger partial charge is 0.306 e. The first-order chi connectivity index (χ1) is 29.0. The van der Waals surface area contributed by atoms with Crippen molar-refractivity contribution in [3.05, 3.63) is 97.2 Å². The molecule has 0 aliphatic rings. The van der Waals surface area contributed by atoms with Crippen molar-refractivity contribution in [1.82, 2.24) is 5.32 Å². The quantitative estimate of drug-likeness (QED) is 0.0247. The van der Waals surface area contributed by atoms with Crippen LogP contribution >= 0.6 is 0 Å². The molecule has 0 spiro atoms. The molecule has 1 amide bonds. The van der Waals surface area contributed by atoms with Gasteiger partial charge in [0.15, 0.2) is 0 Å². The zero-order chi connectivity index (χ0) is 43.1.